The molecule has 0 aliphatic carbocycles. The van der Waals surface area contributed by atoms with E-state index in [1.54, 1.807) is 43.6 Å². The molecule has 0 bridgehead atoms. The molecule has 9 heteroatoms. The van der Waals surface area contributed by atoms with Crippen molar-refractivity contribution in [3.8, 4) is 33.5 Å². The fraction of sp³-hybridized carbons (Fsp3) is 0.250. The number of furan rings is 1. The van der Waals surface area contributed by atoms with Gasteiger partial charge in [0.15, 0.2) is 11.0 Å². The highest BCUT2D eigenvalue weighted by Crippen LogP contribution is 2.36. The van der Waals surface area contributed by atoms with Gasteiger partial charge in [-0.05, 0) is 25.1 Å². The van der Waals surface area contributed by atoms with Crippen molar-refractivity contribution >= 4 is 23.1 Å². The van der Waals surface area contributed by atoms with E-state index in [9.17, 15) is 0 Å². The fourth-order valence-corrected chi connectivity index (χ4v) is 4.66. The van der Waals surface area contributed by atoms with Gasteiger partial charge < -0.3 is 18.5 Å². The second-order valence-electron chi connectivity index (χ2n) is 6.25. The number of rotatable bonds is 7. The van der Waals surface area contributed by atoms with Gasteiger partial charge in [-0.25, -0.2) is 4.98 Å². The van der Waals surface area contributed by atoms with E-state index in [-0.39, 0.29) is 0 Å². The van der Waals surface area contributed by atoms with E-state index < -0.39 is 0 Å². The first kappa shape index (κ1) is 19.5. The van der Waals surface area contributed by atoms with Crippen LogP contribution in [-0.4, -0.2) is 34.0 Å². The van der Waals surface area contributed by atoms with Gasteiger partial charge in [0.05, 0.1) is 37.3 Å². The monoisotopic (exact) mass is 428 g/mol. The second-order valence-corrected chi connectivity index (χ2v) is 8.06. The number of ether oxygens (including phenoxy) is 2. The second kappa shape index (κ2) is 8.30. The summed E-state index contributed by atoms with van der Waals surface area (Å²) in [4.78, 5) is 4.76. The normalized spacial score (nSPS) is 11.0. The van der Waals surface area contributed by atoms with Crippen molar-refractivity contribution in [3.05, 3.63) is 47.4 Å². The first-order valence-electron chi connectivity index (χ1n) is 8.84. The summed E-state index contributed by atoms with van der Waals surface area (Å²) >= 11 is 3.19. The highest BCUT2D eigenvalue weighted by atomic mass is 32.2. The van der Waals surface area contributed by atoms with Crippen molar-refractivity contribution in [1.29, 1.82) is 0 Å². The molecule has 4 rings (SSSR count). The van der Waals surface area contributed by atoms with Crippen LogP contribution < -0.4 is 9.47 Å². The summed E-state index contributed by atoms with van der Waals surface area (Å²) in [6.07, 6.45) is 1.66. The molecule has 7 nitrogen and oxygen atoms in total. The predicted octanol–water partition coefficient (Wildman–Crippen LogP) is 4.82. The summed E-state index contributed by atoms with van der Waals surface area (Å²) in [5, 5.41) is 12.4. The van der Waals surface area contributed by atoms with Gasteiger partial charge in [0, 0.05) is 24.2 Å². The molecule has 4 aromatic rings. The van der Waals surface area contributed by atoms with Crippen molar-refractivity contribution in [3.63, 3.8) is 0 Å². The van der Waals surface area contributed by atoms with E-state index in [1.165, 1.54) is 0 Å². The Morgan fingerprint density at radius 3 is 2.72 bits per heavy atom. The Morgan fingerprint density at radius 2 is 2.00 bits per heavy atom. The Morgan fingerprint density at radius 1 is 1.14 bits per heavy atom. The molecule has 29 heavy (non-hydrogen) atoms. The molecule has 0 amide bonds. The van der Waals surface area contributed by atoms with Gasteiger partial charge >= 0.3 is 0 Å². The average molecular weight is 429 g/mol. The molecule has 3 heterocycles. The fourth-order valence-electron chi connectivity index (χ4n) is 2.90. The number of hydrogen-bond acceptors (Lipinski definition) is 8. The molecule has 1 aromatic carbocycles. The standard InChI is InChI=1S/C20H20N4O3S2/c1-12-15(7-8-27-12)18-22-23-20(24(18)2)29-11-13-10-28-19(21-13)16-6-5-14(25-3)9-17(16)26-4/h5-10H,11H2,1-4H3. The molecule has 0 N–H and O–H groups in total. The van der Waals surface area contributed by atoms with Crippen molar-refractivity contribution in [2.24, 2.45) is 7.05 Å². The molecule has 0 radical (unpaired) electrons. The zero-order valence-corrected chi connectivity index (χ0v) is 18.1. The molecular weight excluding hydrogens is 408 g/mol. The molecule has 0 fully saturated rings. The smallest absolute Gasteiger partial charge is 0.191 e. The Hall–Kier alpha value is -2.78. The first-order valence-corrected chi connectivity index (χ1v) is 10.7. The maximum absolute atomic E-state index is 5.50. The van der Waals surface area contributed by atoms with Crippen molar-refractivity contribution in [2.75, 3.05) is 14.2 Å². The molecule has 0 spiro atoms. The summed E-state index contributed by atoms with van der Waals surface area (Å²) < 4.78 is 18.1. The van der Waals surface area contributed by atoms with Crippen molar-refractivity contribution < 1.29 is 13.9 Å². The number of nitrogens with zero attached hydrogens (tertiary/aromatic N) is 4. The summed E-state index contributed by atoms with van der Waals surface area (Å²) in [7, 11) is 5.24. The summed E-state index contributed by atoms with van der Waals surface area (Å²) in [6.45, 7) is 1.92. The molecule has 0 saturated carbocycles. The van der Waals surface area contributed by atoms with Crippen LogP contribution in [-0.2, 0) is 12.8 Å². The Bertz CT molecular complexity index is 1130. The minimum absolute atomic E-state index is 0.700. The number of thiazole rings is 1. The van der Waals surface area contributed by atoms with Crippen LogP contribution in [0, 0.1) is 6.92 Å². The highest BCUT2D eigenvalue weighted by molar-refractivity contribution is 7.98. The Kier molecular flexibility index (Phi) is 5.59. The molecular formula is C20H20N4O3S2. The lowest BCUT2D eigenvalue weighted by atomic mass is 10.2. The SMILES string of the molecule is COc1ccc(-c2nc(CSc3nnc(-c4ccoc4C)n3C)cs2)c(OC)c1. The summed E-state index contributed by atoms with van der Waals surface area (Å²) in [5.74, 6) is 3.82. The lowest BCUT2D eigenvalue weighted by Crippen LogP contribution is -1.95. The third kappa shape index (κ3) is 3.88. The van der Waals surface area contributed by atoms with Crippen LogP contribution in [0.5, 0.6) is 11.5 Å². The number of aromatic nitrogens is 4. The lowest BCUT2D eigenvalue weighted by Gasteiger charge is -2.08. The quantitative estimate of drug-likeness (QED) is 0.391. The topological polar surface area (TPSA) is 75.2 Å². The van der Waals surface area contributed by atoms with E-state index in [2.05, 4.69) is 15.6 Å². The number of hydrogen-bond donors (Lipinski definition) is 0. The lowest BCUT2D eigenvalue weighted by molar-refractivity contribution is 0.395. The molecule has 3 aromatic heterocycles. The minimum Gasteiger partial charge on any atom is -0.497 e. The van der Waals surface area contributed by atoms with Crippen LogP contribution in [0.2, 0.25) is 0 Å². The van der Waals surface area contributed by atoms with E-state index in [4.69, 9.17) is 18.9 Å². The third-order valence-corrected chi connectivity index (χ3v) is 6.45. The van der Waals surface area contributed by atoms with Crippen LogP contribution in [0.15, 0.2) is 45.5 Å². The molecule has 0 atom stereocenters. The Labute approximate surface area is 176 Å². The van der Waals surface area contributed by atoms with E-state index in [1.807, 2.05) is 42.8 Å². The van der Waals surface area contributed by atoms with Gasteiger partial charge in [0.25, 0.3) is 0 Å². The van der Waals surface area contributed by atoms with Crippen molar-refractivity contribution in [1.82, 2.24) is 19.7 Å². The van der Waals surface area contributed by atoms with Gasteiger partial charge in [-0.1, -0.05) is 11.8 Å². The minimum atomic E-state index is 0.700. The maximum atomic E-state index is 5.50. The zero-order valence-electron chi connectivity index (χ0n) is 16.5. The van der Waals surface area contributed by atoms with Gasteiger partial charge in [-0.15, -0.1) is 21.5 Å². The molecule has 0 aliphatic rings. The molecule has 0 saturated heterocycles. The van der Waals surface area contributed by atoms with Crippen molar-refractivity contribution in [2.45, 2.75) is 17.8 Å². The predicted molar refractivity (Wildman–Crippen MR) is 114 cm³/mol. The number of methoxy groups -OCH3 is 2. The van der Waals surface area contributed by atoms with E-state index in [0.29, 0.717) is 5.75 Å². The largest absolute Gasteiger partial charge is 0.497 e. The Balaban J connectivity index is 1.50. The molecule has 0 unspecified atom stereocenters. The molecule has 0 aliphatic heterocycles. The zero-order chi connectivity index (χ0) is 20.4. The van der Waals surface area contributed by atoms with Crippen LogP contribution in [0.3, 0.4) is 0 Å². The van der Waals surface area contributed by atoms with Crippen LogP contribution in [0.25, 0.3) is 22.0 Å². The van der Waals surface area contributed by atoms with Gasteiger partial charge in [-0.3, -0.25) is 0 Å². The maximum Gasteiger partial charge on any atom is 0.191 e. The van der Waals surface area contributed by atoms with Gasteiger partial charge in [0.1, 0.15) is 22.3 Å². The molecule has 150 valence electrons. The van der Waals surface area contributed by atoms with Crippen LogP contribution in [0.4, 0.5) is 0 Å². The van der Waals surface area contributed by atoms with E-state index >= 15 is 0 Å². The number of benzene rings is 1. The third-order valence-electron chi connectivity index (χ3n) is 4.47. The summed E-state index contributed by atoms with van der Waals surface area (Å²) in [5.41, 5.74) is 2.89. The van der Waals surface area contributed by atoms with Gasteiger partial charge in [0.2, 0.25) is 0 Å². The highest BCUT2D eigenvalue weighted by Gasteiger charge is 2.16. The average Bonchev–Trinajstić information content (AvgIpc) is 3.46. The number of aryl methyl sites for hydroxylation is 1. The first-order chi connectivity index (χ1) is 14.1. The van der Waals surface area contributed by atoms with Crippen LogP contribution >= 0.6 is 23.1 Å². The van der Waals surface area contributed by atoms with Crippen LogP contribution in [0.1, 0.15) is 11.5 Å². The van der Waals surface area contributed by atoms with E-state index in [0.717, 1.165) is 50.1 Å². The van der Waals surface area contributed by atoms with Gasteiger partial charge in [-0.2, -0.15) is 0 Å². The summed E-state index contributed by atoms with van der Waals surface area (Å²) in [6, 6.07) is 7.65. The number of thioether (sulfide) groups is 1.